The molecule has 4 nitrogen and oxygen atoms in total. The lowest BCUT2D eigenvalue weighted by Crippen LogP contribution is -2.50. The number of rotatable bonds is 2. The molecule has 0 saturated heterocycles. The quantitative estimate of drug-likeness (QED) is 0.778. The summed E-state index contributed by atoms with van der Waals surface area (Å²) in [6.45, 7) is 5.53. The van der Waals surface area contributed by atoms with Crippen LogP contribution < -0.4 is 0 Å². The van der Waals surface area contributed by atoms with E-state index in [0.717, 1.165) is 25.7 Å². The maximum Gasteiger partial charge on any atom is 0.411 e. The van der Waals surface area contributed by atoms with E-state index in [-0.39, 0.29) is 17.9 Å². The third-order valence-electron chi connectivity index (χ3n) is 3.58. The fourth-order valence-corrected chi connectivity index (χ4v) is 2.73. The molecule has 0 N–H and O–H groups in total. The van der Waals surface area contributed by atoms with Gasteiger partial charge >= 0.3 is 6.09 Å². The number of ketones is 1. The Bertz CT molecular complexity index is 439. The monoisotopic (exact) mass is 277 g/mol. The third-order valence-corrected chi connectivity index (χ3v) is 3.58. The molecule has 1 unspecified atom stereocenters. The van der Waals surface area contributed by atoms with Crippen LogP contribution in [-0.4, -0.2) is 34.5 Å². The van der Waals surface area contributed by atoms with Crippen LogP contribution in [0.15, 0.2) is 24.3 Å². The molecule has 1 fully saturated rings. The number of carbonyl (C=O) groups excluding carboxylic acids is 2. The summed E-state index contributed by atoms with van der Waals surface area (Å²) in [5.74, 6) is -0.0507. The highest BCUT2D eigenvalue weighted by molar-refractivity contribution is 5.99. The Balaban J connectivity index is 2.20. The summed E-state index contributed by atoms with van der Waals surface area (Å²) in [7, 11) is 0. The highest BCUT2D eigenvalue weighted by Gasteiger charge is 2.37. The smallest absolute Gasteiger partial charge is 0.411 e. The van der Waals surface area contributed by atoms with E-state index in [9.17, 15) is 9.59 Å². The summed E-state index contributed by atoms with van der Waals surface area (Å²) in [5, 5.41) is 0. The number of amides is 1. The SMILES string of the molecule is CC(C)(C)OC(=O)N(C1CCCC1)C1C=CC=CC1=O. The molecule has 0 aromatic heterocycles. The van der Waals surface area contributed by atoms with E-state index in [4.69, 9.17) is 4.74 Å². The van der Waals surface area contributed by atoms with E-state index in [1.54, 1.807) is 17.1 Å². The van der Waals surface area contributed by atoms with Crippen molar-refractivity contribution in [1.82, 2.24) is 4.90 Å². The predicted octanol–water partition coefficient (Wildman–Crippen LogP) is 3.23. The van der Waals surface area contributed by atoms with E-state index < -0.39 is 11.6 Å². The fraction of sp³-hybridized carbons (Fsp3) is 0.625. The van der Waals surface area contributed by atoms with Crippen molar-refractivity contribution in [2.24, 2.45) is 0 Å². The lowest BCUT2D eigenvalue weighted by molar-refractivity contribution is -0.119. The van der Waals surface area contributed by atoms with Crippen molar-refractivity contribution >= 4 is 11.9 Å². The van der Waals surface area contributed by atoms with Crippen LogP contribution in [0.25, 0.3) is 0 Å². The van der Waals surface area contributed by atoms with Crippen molar-refractivity contribution in [3.05, 3.63) is 24.3 Å². The van der Waals surface area contributed by atoms with Crippen LogP contribution in [0.1, 0.15) is 46.5 Å². The first-order valence-electron chi connectivity index (χ1n) is 7.28. The van der Waals surface area contributed by atoms with Crippen molar-refractivity contribution in [3.63, 3.8) is 0 Å². The molecular formula is C16H23NO3. The minimum atomic E-state index is -0.550. The Morgan fingerprint density at radius 1 is 1.25 bits per heavy atom. The van der Waals surface area contributed by atoms with Gasteiger partial charge in [-0.3, -0.25) is 9.69 Å². The third kappa shape index (κ3) is 3.50. The molecule has 2 rings (SSSR count). The number of ether oxygens (including phenoxy) is 1. The van der Waals surface area contributed by atoms with Gasteiger partial charge in [-0.2, -0.15) is 0 Å². The zero-order valence-electron chi connectivity index (χ0n) is 12.5. The molecule has 0 spiro atoms. The normalized spacial score (nSPS) is 23.1. The molecule has 0 heterocycles. The standard InChI is InChI=1S/C16H23NO3/c1-16(2,3)20-15(19)17(12-8-4-5-9-12)13-10-6-7-11-14(13)18/h6-7,10-13H,4-5,8-9H2,1-3H3. The van der Waals surface area contributed by atoms with E-state index in [0.29, 0.717) is 0 Å². The summed E-state index contributed by atoms with van der Waals surface area (Å²) >= 11 is 0. The van der Waals surface area contributed by atoms with Crippen LogP contribution >= 0.6 is 0 Å². The average molecular weight is 277 g/mol. The van der Waals surface area contributed by atoms with Crippen LogP contribution in [0, 0.1) is 0 Å². The lowest BCUT2D eigenvalue weighted by Gasteiger charge is -2.35. The molecular weight excluding hydrogens is 254 g/mol. The summed E-state index contributed by atoms with van der Waals surface area (Å²) in [4.78, 5) is 26.2. The minimum absolute atomic E-state index is 0.0507. The Morgan fingerprint density at radius 2 is 1.90 bits per heavy atom. The first kappa shape index (κ1) is 14.8. The molecule has 2 aliphatic rings. The van der Waals surface area contributed by atoms with Crippen LogP contribution in [0.2, 0.25) is 0 Å². The van der Waals surface area contributed by atoms with Gasteiger partial charge < -0.3 is 4.74 Å². The van der Waals surface area contributed by atoms with Gasteiger partial charge in [0.25, 0.3) is 0 Å². The summed E-state index contributed by atoms with van der Waals surface area (Å²) < 4.78 is 5.49. The number of carbonyl (C=O) groups is 2. The van der Waals surface area contributed by atoms with Gasteiger partial charge in [0.2, 0.25) is 0 Å². The molecule has 0 bridgehead atoms. The topological polar surface area (TPSA) is 46.6 Å². The van der Waals surface area contributed by atoms with E-state index in [1.807, 2.05) is 26.8 Å². The van der Waals surface area contributed by atoms with E-state index in [1.165, 1.54) is 6.08 Å². The largest absolute Gasteiger partial charge is 0.444 e. The maximum absolute atomic E-state index is 12.5. The second-order valence-corrected chi connectivity index (χ2v) is 6.42. The van der Waals surface area contributed by atoms with Gasteiger partial charge in [0.1, 0.15) is 11.6 Å². The summed E-state index contributed by atoms with van der Waals surface area (Å²) in [6, 6.07) is -0.409. The second kappa shape index (κ2) is 5.81. The molecule has 0 aliphatic heterocycles. The van der Waals surface area contributed by atoms with Gasteiger partial charge in [-0.05, 0) is 39.7 Å². The van der Waals surface area contributed by atoms with E-state index >= 15 is 0 Å². The van der Waals surface area contributed by atoms with Crippen molar-refractivity contribution in [3.8, 4) is 0 Å². The molecule has 110 valence electrons. The fourth-order valence-electron chi connectivity index (χ4n) is 2.73. The highest BCUT2D eigenvalue weighted by Crippen LogP contribution is 2.28. The average Bonchev–Trinajstić information content (AvgIpc) is 2.83. The van der Waals surface area contributed by atoms with Crippen LogP contribution in [0.3, 0.4) is 0 Å². The zero-order valence-corrected chi connectivity index (χ0v) is 12.5. The molecule has 4 heteroatoms. The first-order valence-corrected chi connectivity index (χ1v) is 7.28. The Hall–Kier alpha value is -1.58. The number of allylic oxidation sites excluding steroid dienone is 2. The number of nitrogens with zero attached hydrogens (tertiary/aromatic N) is 1. The van der Waals surface area contributed by atoms with Gasteiger partial charge in [0.05, 0.1) is 0 Å². The lowest BCUT2D eigenvalue weighted by atomic mass is 10.0. The number of hydrogen-bond donors (Lipinski definition) is 0. The molecule has 2 aliphatic carbocycles. The van der Waals surface area contributed by atoms with Gasteiger partial charge in [0.15, 0.2) is 5.78 Å². The molecule has 0 radical (unpaired) electrons. The van der Waals surface area contributed by atoms with Gasteiger partial charge in [-0.25, -0.2) is 4.79 Å². The Morgan fingerprint density at radius 3 is 2.45 bits per heavy atom. The van der Waals surface area contributed by atoms with Gasteiger partial charge in [-0.1, -0.05) is 31.1 Å². The summed E-state index contributed by atoms with van der Waals surface area (Å²) in [5.41, 5.74) is -0.550. The van der Waals surface area contributed by atoms with Crippen LogP contribution in [0.5, 0.6) is 0 Å². The van der Waals surface area contributed by atoms with Gasteiger partial charge in [-0.15, -0.1) is 0 Å². The van der Waals surface area contributed by atoms with E-state index in [2.05, 4.69) is 0 Å². The Kier molecular flexibility index (Phi) is 4.31. The van der Waals surface area contributed by atoms with Crippen LogP contribution in [0.4, 0.5) is 4.79 Å². The molecule has 1 saturated carbocycles. The molecule has 1 amide bonds. The van der Waals surface area contributed by atoms with Crippen LogP contribution in [-0.2, 0) is 9.53 Å². The second-order valence-electron chi connectivity index (χ2n) is 6.42. The molecule has 0 aromatic rings. The Labute approximate surface area is 120 Å². The maximum atomic E-state index is 12.5. The van der Waals surface area contributed by atoms with Crippen molar-refractivity contribution in [2.45, 2.75) is 64.1 Å². The zero-order chi connectivity index (χ0) is 14.8. The first-order chi connectivity index (χ1) is 9.38. The minimum Gasteiger partial charge on any atom is -0.444 e. The van der Waals surface area contributed by atoms with Gasteiger partial charge in [0, 0.05) is 6.04 Å². The summed E-state index contributed by atoms with van der Waals surface area (Å²) in [6.07, 6.45) is 10.5. The molecule has 20 heavy (non-hydrogen) atoms. The predicted molar refractivity (Wildman–Crippen MR) is 77.4 cm³/mol. The highest BCUT2D eigenvalue weighted by atomic mass is 16.6. The molecule has 0 aromatic carbocycles. The molecule has 1 atom stereocenters. The number of hydrogen-bond acceptors (Lipinski definition) is 3. The van der Waals surface area contributed by atoms with Crippen molar-refractivity contribution in [2.75, 3.05) is 0 Å². The van der Waals surface area contributed by atoms with Crippen molar-refractivity contribution in [1.29, 1.82) is 0 Å². The van der Waals surface area contributed by atoms with Crippen molar-refractivity contribution < 1.29 is 14.3 Å².